The van der Waals surface area contributed by atoms with Crippen molar-refractivity contribution in [1.82, 2.24) is 10.2 Å². The number of halogens is 1. The Hall–Kier alpha value is -5.40. The Balaban J connectivity index is 1.18. The fourth-order valence-corrected chi connectivity index (χ4v) is 8.44. The maximum atomic E-state index is 15.0. The van der Waals surface area contributed by atoms with Crippen LogP contribution in [0.25, 0.3) is 11.3 Å². The molecule has 8 rings (SSSR count). The van der Waals surface area contributed by atoms with Crippen LogP contribution < -0.4 is 38.5 Å². The molecule has 0 saturated heterocycles. The van der Waals surface area contributed by atoms with E-state index in [0.717, 1.165) is 29.7 Å². The van der Waals surface area contributed by atoms with Gasteiger partial charge in [-0.1, -0.05) is 18.5 Å². The summed E-state index contributed by atoms with van der Waals surface area (Å²) in [5.41, 5.74) is 1.99. The van der Waals surface area contributed by atoms with Gasteiger partial charge in [-0.05, 0) is 43.3 Å². The fourth-order valence-electron chi connectivity index (χ4n) is 8.17. The minimum absolute atomic E-state index is 0.00688. The van der Waals surface area contributed by atoms with E-state index >= 15 is 0 Å². The molecule has 2 atom stereocenters. The lowest BCUT2D eigenvalue weighted by Crippen LogP contribution is -2.56. The van der Waals surface area contributed by atoms with E-state index < -0.39 is 23.1 Å². The molecule has 0 bridgehead atoms. The van der Waals surface area contributed by atoms with Crippen molar-refractivity contribution in [3.05, 3.63) is 74.5 Å². The second kappa shape index (κ2) is 13.5. The number of ketones is 2. The van der Waals surface area contributed by atoms with Gasteiger partial charge in [0.1, 0.15) is 39.4 Å². The third-order valence-electron chi connectivity index (χ3n) is 10.9. The summed E-state index contributed by atoms with van der Waals surface area (Å²) < 4.78 is 46.7. The number of hydrogen-bond donors (Lipinski definition) is 1. The zero-order valence-electron chi connectivity index (χ0n) is 30.7. The number of methoxy groups -OCH3 is 4. The van der Waals surface area contributed by atoms with Crippen LogP contribution in [0.1, 0.15) is 55.7 Å². The summed E-state index contributed by atoms with van der Waals surface area (Å²) in [6.45, 7) is 3.40. The summed E-state index contributed by atoms with van der Waals surface area (Å²) in [6, 6.07) is 8.60. The molecule has 0 fully saturated rings. The van der Waals surface area contributed by atoms with E-state index in [9.17, 15) is 14.4 Å². The van der Waals surface area contributed by atoms with Gasteiger partial charge in [0.15, 0.2) is 17.2 Å². The highest BCUT2D eigenvalue weighted by Crippen LogP contribution is 2.55. The number of likely N-dealkylation sites (N-methyl/N-ethyl adjacent to an activating group) is 1. The van der Waals surface area contributed by atoms with Gasteiger partial charge in [0, 0.05) is 60.3 Å². The molecule has 4 aromatic rings. The molecule has 1 N–H and O–H groups in total. The molecule has 1 aromatic heterocycles. The van der Waals surface area contributed by atoms with Crippen molar-refractivity contribution in [2.24, 2.45) is 5.92 Å². The lowest BCUT2D eigenvalue weighted by molar-refractivity contribution is -0.120. The Labute approximate surface area is 316 Å². The second-order valence-electron chi connectivity index (χ2n) is 13.8. The maximum Gasteiger partial charge on any atom is 0.237 e. The molecule has 0 radical (unpaired) electrons. The van der Waals surface area contributed by atoms with Crippen molar-refractivity contribution in [2.75, 3.05) is 48.8 Å². The fraction of sp³-hybridized carbons (Fsp3) is 0.375. The average molecular weight is 759 g/mol. The van der Waals surface area contributed by atoms with Crippen molar-refractivity contribution in [3.8, 4) is 51.6 Å². The SMILES string of the molecule is COc1ccc(-c2oc3c(c2CC(=O)NCc2c4c(c(OC)c5c2OCO5)CN(C)CC4)C(=O)C2(Oc4c(Cl)c(OC)cc(OC)c4C2=O)C(C)C3)cc1. The van der Waals surface area contributed by atoms with Crippen molar-refractivity contribution < 1.29 is 52.0 Å². The van der Waals surface area contributed by atoms with E-state index in [4.69, 9.17) is 49.2 Å². The lowest BCUT2D eigenvalue weighted by Gasteiger charge is -2.35. The number of Topliss-reactive ketones (excluding diaryl/α,β-unsaturated/α-hetero) is 2. The second-order valence-corrected chi connectivity index (χ2v) is 14.2. The maximum absolute atomic E-state index is 15.0. The number of ether oxygens (including phenoxy) is 7. The molecule has 13 nitrogen and oxygen atoms in total. The summed E-state index contributed by atoms with van der Waals surface area (Å²) >= 11 is 6.67. The molecule has 3 aromatic carbocycles. The van der Waals surface area contributed by atoms with Gasteiger partial charge < -0.3 is 47.8 Å². The van der Waals surface area contributed by atoms with Gasteiger partial charge in [-0.25, -0.2) is 0 Å². The first-order valence-electron chi connectivity index (χ1n) is 17.5. The summed E-state index contributed by atoms with van der Waals surface area (Å²) in [5, 5.41) is 3.11. The van der Waals surface area contributed by atoms with Gasteiger partial charge in [0.25, 0.3) is 0 Å². The van der Waals surface area contributed by atoms with Crippen LogP contribution in [-0.4, -0.2) is 76.8 Å². The third kappa shape index (κ3) is 5.27. The number of carbonyl (C=O) groups is 3. The molecule has 1 spiro atoms. The molecular weight excluding hydrogens is 720 g/mol. The smallest absolute Gasteiger partial charge is 0.237 e. The molecule has 2 unspecified atom stereocenters. The predicted molar refractivity (Wildman–Crippen MR) is 195 cm³/mol. The van der Waals surface area contributed by atoms with Crippen LogP contribution in [0.15, 0.2) is 34.7 Å². The highest BCUT2D eigenvalue weighted by Gasteiger charge is 2.63. The number of rotatable bonds is 9. The summed E-state index contributed by atoms with van der Waals surface area (Å²) in [4.78, 5) is 45.7. The van der Waals surface area contributed by atoms with Gasteiger partial charge >= 0.3 is 0 Å². The number of hydrogen-bond acceptors (Lipinski definition) is 12. The number of amides is 1. The van der Waals surface area contributed by atoms with E-state index in [1.54, 1.807) is 45.4 Å². The molecule has 1 aliphatic carbocycles. The molecule has 4 heterocycles. The highest BCUT2D eigenvalue weighted by molar-refractivity contribution is 6.36. The first-order chi connectivity index (χ1) is 26.1. The van der Waals surface area contributed by atoms with Gasteiger partial charge in [0.2, 0.25) is 35.6 Å². The molecule has 0 saturated carbocycles. The number of carbonyl (C=O) groups excluding carboxylic acids is 3. The van der Waals surface area contributed by atoms with Crippen molar-refractivity contribution in [3.63, 3.8) is 0 Å². The van der Waals surface area contributed by atoms with E-state index in [1.807, 2.05) is 7.05 Å². The van der Waals surface area contributed by atoms with Crippen molar-refractivity contribution >= 4 is 29.1 Å². The van der Waals surface area contributed by atoms with Gasteiger partial charge in [-0.3, -0.25) is 14.4 Å². The highest BCUT2D eigenvalue weighted by atomic mass is 35.5. The third-order valence-corrected chi connectivity index (χ3v) is 11.2. The minimum Gasteiger partial charge on any atom is -0.497 e. The number of nitrogens with zero attached hydrogens (tertiary/aromatic N) is 1. The zero-order chi connectivity index (χ0) is 38.1. The normalized spacial score (nSPS) is 19.6. The van der Waals surface area contributed by atoms with Gasteiger partial charge in [-0.2, -0.15) is 0 Å². The van der Waals surface area contributed by atoms with Crippen LogP contribution in [0.2, 0.25) is 5.02 Å². The van der Waals surface area contributed by atoms with Crippen LogP contribution >= 0.6 is 11.6 Å². The largest absolute Gasteiger partial charge is 0.497 e. The van der Waals surface area contributed by atoms with Crippen molar-refractivity contribution in [1.29, 1.82) is 0 Å². The topological polar surface area (TPSA) is 144 Å². The van der Waals surface area contributed by atoms with Gasteiger partial charge in [-0.15, -0.1) is 0 Å². The van der Waals surface area contributed by atoms with Crippen LogP contribution in [0.4, 0.5) is 0 Å². The molecule has 14 heteroatoms. The minimum atomic E-state index is -1.99. The van der Waals surface area contributed by atoms with Crippen LogP contribution in [0, 0.1) is 5.92 Å². The molecular formula is C40H39ClN2O11. The summed E-state index contributed by atoms with van der Waals surface area (Å²) in [7, 11) is 8.05. The van der Waals surface area contributed by atoms with Crippen LogP contribution in [0.3, 0.4) is 0 Å². The number of benzene rings is 3. The Kier molecular flexibility index (Phi) is 8.89. The monoisotopic (exact) mass is 758 g/mol. The Morgan fingerprint density at radius 3 is 2.35 bits per heavy atom. The summed E-state index contributed by atoms with van der Waals surface area (Å²) in [6.07, 6.45) is 0.654. The van der Waals surface area contributed by atoms with Gasteiger partial charge in [0.05, 0.1) is 40.4 Å². The predicted octanol–water partition coefficient (Wildman–Crippen LogP) is 5.60. The Bertz CT molecular complexity index is 2230. The number of fused-ring (bicyclic) bond motifs is 4. The van der Waals surface area contributed by atoms with E-state index in [-0.39, 0.29) is 65.5 Å². The van der Waals surface area contributed by atoms with Crippen LogP contribution in [-0.2, 0) is 37.1 Å². The Morgan fingerprint density at radius 1 is 0.926 bits per heavy atom. The quantitative estimate of drug-likeness (QED) is 0.212. The molecule has 1 amide bonds. The molecule has 54 heavy (non-hydrogen) atoms. The molecule has 282 valence electrons. The zero-order valence-corrected chi connectivity index (χ0v) is 31.5. The molecule has 3 aliphatic heterocycles. The standard InChI is InChI=1S/C40H39ClN2O11/c1-19-13-27-30(38(45)40(19)39(46)31-26(48-4)15-28(49-5)32(41)36(31)54-40)23(33(53-27)20-7-9-21(47-3)10-8-20)14-29(44)42-16-24-22-11-12-43(2)17-25(22)34(50-6)37-35(24)51-18-52-37/h7-10,15,19H,11-14,16-18H2,1-6H3,(H,42,44). The van der Waals surface area contributed by atoms with Crippen molar-refractivity contribution in [2.45, 2.75) is 44.9 Å². The first-order valence-corrected chi connectivity index (χ1v) is 17.9. The average Bonchev–Trinajstić information content (AvgIpc) is 3.88. The van der Waals surface area contributed by atoms with E-state index in [1.165, 1.54) is 20.3 Å². The summed E-state index contributed by atoms with van der Waals surface area (Å²) in [5.74, 6) is 1.13. The van der Waals surface area contributed by atoms with E-state index in [0.29, 0.717) is 52.2 Å². The first kappa shape index (κ1) is 35.6. The van der Waals surface area contributed by atoms with E-state index in [2.05, 4.69) is 10.2 Å². The molecule has 4 aliphatic rings. The number of nitrogens with one attached hydrogen (secondary N) is 1. The lowest BCUT2D eigenvalue weighted by atomic mass is 9.70. The van der Waals surface area contributed by atoms with Crippen LogP contribution in [0.5, 0.6) is 40.2 Å². The Morgan fingerprint density at radius 2 is 1.65 bits per heavy atom. The number of furan rings is 1.